The molecule has 2 aromatic rings. The van der Waals surface area contributed by atoms with Crippen LogP contribution in [0.5, 0.6) is 0 Å². The van der Waals surface area contributed by atoms with Crippen LogP contribution in [0.4, 0.5) is 0 Å². The first-order valence-electron chi connectivity index (χ1n) is 10.2. The van der Waals surface area contributed by atoms with Gasteiger partial charge in [0, 0.05) is 24.3 Å². The summed E-state index contributed by atoms with van der Waals surface area (Å²) in [6.07, 6.45) is 4.52. The van der Waals surface area contributed by atoms with E-state index in [4.69, 9.17) is 0 Å². The van der Waals surface area contributed by atoms with Crippen LogP contribution in [0.2, 0.25) is 0 Å². The lowest BCUT2D eigenvalue weighted by atomic mass is 9.90. The topological polar surface area (TPSA) is 50.2 Å². The predicted molar refractivity (Wildman–Crippen MR) is 121 cm³/mol. The molecule has 2 aliphatic rings. The van der Waals surface area contributed by atoms with E-state index >= 15 is 0 Å². The second kappa shape index (κ2) is 10.5. The van der Waals surface area contributed by atoms with E-state index in [1.165, 1.54) is 24.1 Å². The van der Waals surface area contributed by atoms with Gasteiger partial charge in [-0.3, -0.25) is 9.48 Å². The molecule has 1 atom stereocenters. The number of rotatable bonds is 4. The molecule has 3 heterocycles. The van der Waals surface area contributed by atoms with Crippen molar-refractivity contribution < 1.29 is 4.79 Å². The summed E-state index contributed by atoms with van der Waals surface area (Å²) in [6, 6.07) is 10.7. The molecule has 1 N–H and O–H groups in total. The van der Waals surface area contributed by atoms with Gasteiger partial charge in [0.2, 0.25) is 0 Å². The third-order valence-electron chi connectivity index (χ3n) is 6.00. The van der Waals surface area contributed by atoms with Crippen molar-refractivity contribution in [2.75, 3.05) is 26.2 Å². The van der Waals surface area contributed by atoms with E-state index in [1.54, 1.807) is 0 Å². The second-order valence-electron chi connectivity index (χ2n) is 8.16. The summed E-state index contributed by atoms with van der Waals surface area (Å²) >= 11 is 0. The standard InChI is InChI=1S/C22H30N4O.2ClH/c1-16-12-17(2)26(24-16)21-8-11-25(15-21)22(27)20-5-3-4-19(14-20)13-18-6-9-23-10-7-18;;/h3-5,12,14,18,21,23H,6-11,13,15H2,1-2H3;2*1H. The minimum Gasteiger partial charge on any atom is -0.336 e. The third kappa shape index (κ3) is 5.53. The zero-order valence-corrected chi connectivity index (χ0v) is 18.9. The molecule has 29 heavy (non-hydrogen) atoms. The Morgan fingerprint density at radius 1 is 1.14 bits per heavy atom. The number of halogens is 2. The fourth-order valence-corrected chi connectivity index (χ4v) is 4.57. The Labute approximate surface area is 186 Å². The smallest absolute Gasteiger partial charge is 0.253 e. The molecule has 7 heteroatoms. The van der Waals surface area contributed by atoms with Gasteiger partial charge in [-0.2, -0.15) is 5.10 Å². The average molecular weight is 439 g/mol. The lowest BCUT2D eigenvalue weighted by molar-refractivity contribution is 0.0786. The summed E-state index contributed by atoms with van der Waals surface area (Å²) in [4.78, 5) is 15.0. The van der Waals surface area contributed by atoms with Crippen LogP contribution < -0.4 is 5.32 Å². The number of benzene rings is 1. The number of hydrogen-bond acceptors (Lipinski definition) is 3. The zero-order chi connectivity index (χ0) is 18.8. The molecule has 5 nitrogen and oxygen atoms in total. The van der Waals surface area contributed by atoms with Crippen molar-refractivity contribution in [2.45, 2.75) is 45.6 Å². The van der Waals surface area contributed by atoms with Crippen molar-refractivity contribution in [1.82, 2.24) is 20.0 Å². The Kier molecular flexibility index (Phi) is 8.56. The van der Waals surface area contributed by atoms with E-state index in [0.29, 0.717) is 6.04 Å². The molecule has 1 aromatic carbocycles. The zero-order valence-electron chi connectivity index (χ0n) is 17.3. The third-order valence-corrected chi connectivity index (χ3v) is 6.00. The maximum Gasteiger partial charge on any atom is 0.253 e. The van der Waals surface area contributed by atoms with Gasteiger partial charge < -0.3 is 10.2 Å². The van der Waals surface area contributed by atoms with E-state index in [1.807, 2.05) is 24.0 Å². The normalized spacial score (nSPS) is 19.5. The van der Waals surface area contributed by atoms with Crippen molar-refractivity contribution in [3.8, 4) is 0 Å². The Balaban J connectivity index is 0.00000150. The van der Waals surface area contributed by atoms with Gasteiger partial charge in [0.05, 0.1) is 11.7 Å². The first-order valence-corrected chi connectivity index (χ1v) is 10.2. The van der Waals surface area contributed by atoms with E-state index in [-0.39, 0.29) is 30.7 Å². The van der Waals surface area contributed by atoms with Crippen LogP contribution in [0, 0.1) is 19.8 Å². The molecule has 4 rings (SSSR count). The molecule has 0 aliphatic carbocycles. The molecule has 1 amide bonds. The number of hydrogen-bond donors (Lipinski definition) is 1. The monoisotopic (exact) mass is 438 g/mol. The van der Waals surface area contributed by atoms with Crippen molar-refractivity contribution in [1.29, 1.82) is 0 Å². The summed E-state index contributed by atoms with van der Waals surface area (Å²) in [5.41, 5.74) is 4.34. The summed E-state index contributed by atoms with van der Waals surface area (Å²) in [7, 11) is 0. The Morgan fingerprint density at radius 2 is 1.90 bits per heavy atom. The van der Waals surface area contributed by atoms with E-state index in [9.17, 15) is 4.79 Å². The summed E-state index contributed by atoms with van der Waals surface area (Å²) in [6.45, 7) is 7.90. The van der Waals surface area contributed by atoms with Crippen LogP contribution in [0.3, 0.4) is 0 Å². The predicted octanol–water partition coefficient (Wildman–Crippen LogP) is 3.97. The van der Waals surface area contributed by atoms with Crippen molar-refractivity contribution in [3.63, 3.8) is 0 Å². The van der Waals surface area contributed by atoms with Gasteiger partial charge in [-0.1, -0.05) is 12.1 Å². The number of aryl methyl sites for hydroxylation is 2. The number of aromatic nitrogens is 2. The summed E-state index contributed by atoms with van der Waals surface area (Å²) < 4.78 is 2.09. The number of piperidine rings is 1. The Hall–Kier alpha value is -1.56. The maximum atomic E-state index is 13.0. The van der Waals surface area contributed by atoms with Gasteiger partial charge >= 0.3 is 0 Å². The fourth-order valence-electron chi connectivity index (χ4n) is 4.57. The molecule has 1 aromatic heterocycles. The molecule has 1 unspecified atom stereocenters. The first-order chi connectivity index (χ1) is 13.1. The molecule has 0 bridgehead atoms. The Bertz CT molecular complexity index is 817. The van der Waals surface area contributed by atoms with Crippen LogP contribution in [0.15, 0.2) is 30.3 Å². The highest BCUT2D eigenvalue weighted by Crippen LogP contribution is 2.25. The van der Waals surface area contributed by atoms with E-state index < -0.39 is 0 Å². The average Bonchev–Trinajstić information content (AvgIpc) is 3.28. The van der Waals surface area contributed by atoms with Crippen LogP contribution in [-0.2, 0) is 6.42 Å². The van der Waals surface area contributed by atoms with Crippen molar-refractivity contribution >= 4 is 30.7 Å². The number of amides is 1. The van der Waals surface area contributed by atoms with Crippen LogP contribution in [-0.4, -0.2) is 46.8 Å². The molecule has 0 radical (unpaired) electrons. The lowest BCUT2D eigenvalue weighted by Gasteiger charge is -2.23. The number of likely N-dealkylation sites (tertiary alicyclic amines) is 1. The van der Waals surface area contributed by atoms with Gasteiger partial charge in [-0.05, 0) is 82.3 Å². The highest BCUT2D eigenvalue weighted by molar-refractivity contribution is 5.94. The molecular formula is C22H32Cl2N4O. The molecule has 2 fully saturated rings. The first kappa shape index (κ1) is 23.7. The number of nitrogens with one attached hydrogen (secondary N) is 1. The fraction of sp³-hybridized carbons (Fsp3) is 0.545. The minimum absolute atomic E-state index is 0. The molecule has 2 saturated heterocycles. The highest BCUT2D eigenvalue weighted by atomic mass is 35.5. The number of carbonyl (C=O) groups excluding carboxylic acids is 1. The maximum absolute atomic E-state index is 13.0. The largest absolute Gasteiger partial charge is 0.336 e. The SMILES string of the molecule is Cc1cc(C)n(C2CCN(C(=O)c3cccc(CC4CCNCC4)c3)C2)n1.Cl.Cl. The molecule has 0 spiro atoms. The van der Waals surface area contributed by atoms with E-state index in [2.05, 4.69) is 40.2 Å². The van der Waals surface area contributed by atoms with Crippen molar-refractivity contribution in [3.05, 3.63) is 52.8 Å². The van der Waals surface area contributed by atoms with Crippen molar-refractivity contribution in [2.24, 2.45) is 5.92 Å². The van der Waals surface area contributed by atoms with Crippen LogP contribution in [0.25, 0.3) is 0 Å². The molecule has 160 valence electrons. The molecule has 0 saturated carbocycles. The quantitative estimate of drug-likeness (QED) is 0.785. The van der Waals surface area contributed by atoms with Gasteiger partial charge in [0.15, 0.2) is 0 Å². The molecule has 2 aliphatic heterocycles. The summed E-state index contributed by atoms with van der Waals surface area (Å²) in [5.74, 6) is 0.894. The lowest BCUT2D eigenvalue weighted by Crippen LogP contribution is -2.30. The second-order valence-corrected chi connectivity index (χ2v) is 8.16. The van der Waals surface area contributed by atoms with E-state index in [0.717, 1.165) is 56.2 Å². The van der Waals surface area contributed by atoms with Gasteiger partial charge in [0.1, 0.15) is 0 Å². The van der Waals surface area contributed by atoms with Gasteiger partial charge in [0.25, 0.3) is 5.91 Å². The number of carbonyl (C=O) groups is 1. The van der Waals surface area contributed by atoms with Crippen LogP contribution in [0.1, 0.15) is 52.6 Å². The van der Waals surface area contributed by atoms with Crippen LogP contribution >= 0.6 is 24.8 Å². The molecular weight excluding hydrogens is 407 g/mol. The number of nitrogens with zero attached hydrogens (tertiary/aromatic N) is 3. The Morgan fingerprint density at radius 3 is 2.59 bits per heavy atom. The van der Waals surface area contributed by atoms with Gasteiger partial charge in [-0.15, -0.1) is 24.8 Å². The van der Waals surface area contributed by atoms with Gasteiger partial charge in [-0.25, -0.2) is 0 Å². The highest BCUT2D eigenvalue weighted by Gasteiger charge is 2.29. The summed E-state index contributed by atoms with van der Waals surface area (Å²) in [5, 5.41) is 8.03. The minimum atomic E-state index is 0.